The van der Waals surface area contributed by atoms with E-state index >= 15 is 0 Å². The van der Waals surface area contributed by atoms with Crippen molar-refractivity contribution in [3.63, 3.8) is 0 Å². The molecular formula is C15H14ClN3OS. The molecule has 108 valence electrons. The number of amides is 2. The fourth-order valence-corrected chi connectivity index (χ4v) is 1.98. The van der Waals surface area contributed by atoms with Crippen LogP contribution >= 0.6 is 23.8 Å². The molecule has 0 aromatic heterocycles. The van der Waals surface area contributed by atoms with Gasteiger partial charge in [-0.3, -0.25) is 0 Å². The van der Waals surface area contributed by atoms with E-state index in [9.17, 15) is 4.79 Å². The van der Waals surface area contributed by atoms with E-state index in [0.29, 0.717) is 22.2 Å². The van der Waals surface area contributed by atoms with Gasteiger partial charge in [-0.15, -0.1) is 0 Å². The summed E-state index contributed by atoms with van der Waals surface area (Å²) in [6.45, 7) is 0.385. The molecular weight excluding hydrogens is 306 g/mol. The van der Waals surface area contributed by atoms with E-state index < -0.39 is 0 Å². The third-order valence-electron chi connectivity index (χ3n) is 2.77. The van der Waals surface area contributed by atoms with Crippen LogP contribution < -0.4 is 16.4 Å². The van der Waals surface area contributed by atoms with Crippen LogP contribution in [0.5, 0.6) is 0 Å². The second-order valence-corrected chi connectivity index (χ2v) is 5.26. The minimum absolute atomic E-state index is 0.293. The summed E-state index contributed by atoms with van der Waals surface area (Å²) in [5.74, 6) is 0. The Labute approximate surface area is 133 Å². The van der Waals surface area contributed by atoms with Gasteiger partial charge in [0.05, 0.1) is 0 Å². The molecule has 0 aliphatic rings. The van der Waals surface area contributed by atoms with E-state index in [1.165, 1.54) is 0 Å². The molecule has 0 bridgehead atoms. The molecule has 2 aromatic carbocycles. The Balaban J connectivity index is 1.90. The highest BCUT2D eigenvalue weighted by atomic mass is 35.5. The van der Waals surface area contributed by atoms with E-state index in [-0.39, 0.29) is 6.03 Å². The lowest BCUT2D eigenvalue weighted by Gasteiger charge is -2.08. The number of nitrogens with one attached hydrogen (secondary N) is 2. The van der Waals surface area contributed by atoms with Gasteiger partial charge >= 0.3 is 6.03 Å². The number of rotatable bonds is 4. The van der Waals surface area contributed by atoms with Crippen LogP contribution in [0.3, 0.4) is 0 Å². The highest BCUT2D eigenvalue weighted by Crippen LogP contribution is 2.13. The lowest BCUT2D eigenvalue weighted by molar-refractivity contribution is 0.251. The molecule has 0 unspecified atom stereocenters. The molecule has 0 aliphatic heterocycles. The van der Waals surface area contributed by atoms with Gasteiger partial charge in [-0.25, -0.2) is 4.79 Å². The molecule has 2 aromatic rings. The molecule has 6 heteroatoms. The number of carbonyl (C=O) groups is 1. The van der Waals surface area contributed by atoms with Crippen LogP contribution in [0, 0.1) is 0 Å². The van der Waals surface area contributed by atoms with Gasteiger partial charge in [0, 0.05) is 22.8 Å². The summed E-state index contributed by atoms with van der Waals surface area (Å²) < 4.78 is 0. The molecule has 0 atom stereocenters. The number of anilines is 1. The first kappa shape index (κ1) is 15.3. The van der Waals surface area contributed by atoms with Crippen molar-refractivity contribution >= 4 is 40.5 Å². The summed E-state index contributed by atoms with van der Waals surface area (Å²) in [6.07, 6.45) is 0. The molecule has 4 nitrogen and oxygen atoms in total. The van der Waals surface area contributed by atoms with Crippen LogP contribution in [0.4, 0.5) is 10.5 Å². The van der Waals surface area contributed by atoms with Crippen LogP contribution in [-0.4, -0.2) is 11.0 Å². The maximum Gasteiger partial charge on any atom is 0.319 e. The predicted octanol–water partition coefficient (Wildman–Crippen LogP) is 3.30. The standard InChI is InChI=1S/C15H14ClN3OS/c16-12-4-6-13(7-5-12)19-15(20)18-9-10-2-1-3-11(8-10)14(17)21/h1-8H,9H2,(H2,17,21)(H2,18,19,20). The lowest BCUT2D eigenvalue weighted by Crippen LogP contribution is -2.28. The van der Waals surface area contributed by atoms with Crippen LogP contribution in [-0.2, 0) is 6.54 Å². The summed E-state index contributed by atoms with van der Waals surface area (Å²) >= 11 is 10.7. The number of hydrogen-bond acceptors (Lipinski definition) is 2. The van der Waals surface area contributed by atoms with Crippen molar-refractivity contribution in [2.45, 2.75) is 6.54 Å². The van der Waals surface area contributed by atoms with E-state index in [1.54, 1.807) is 24.3 Å². The van der Waals surface area contributed by atoms with E-state index in [0.717, 1.165) is 11.1 Å². The second-order valence-electron chi connectivity index (χ2n) is 4.38. The lowest BCUT2D eigenvalue weighted by atomic mass is 10.1. The topological polar surface area (TPSA) is 67.1 Å². The third-order valence-corrected chi connectivity index (χ3v) is 3.25. The van der Waals surface area contributed by atoms with Crippen molar-refractivity contribution in [2.24, 2.45) is 5.73 Å². The van der Waals surface area contributed by atoms with Gasteiger partial charge in [-0.2, -0.15) is 0 Å². The quantitative estimate of drug-likeness (QED) is 0.757. The monoisotopic (exact) mass is 319 g/mol. The van der Waals surface area contributed by atoms with E-state index in [1.807, 2.05) is 24.3 Å². The Morgan fingerprint density at radius 3 is 2.57 bits per heavy atom. The predicted molar refractivity (Wildman–Crippen MR) is 89.6 cm³/mol. The zero-order valence-electron chi connectivity index (χ0n) is 11.1. The van der Waals surface area contributed by atoms with Crippen molar-refractivity contribution < 1.29 is 4.79 Å². The Morgan fingerprint density at radius 1 is 1.19 bits per heavy atom. The summed E-state index contributed by atoms with van der Waals surface area (Å²) in [5.41, 5.74) is 7.95. The van der Waals surface area contributed by atoms with Gasteiger partial charge in [0.1, 0.15) is 4.99 Å². The van der Waals surface area contributed by atoms with Crippen molar-refractivity contribution in [2.75, 3.05) is 5.32 Å². The van der Waals surface area contributed by atoms with Gasteiger partial charge in [0.2, 0.25) is 0 Å². The fourth-order valence-electron chi connectivity index (χ4n) is 1.73. The van der Waals surface area contributed by atoms with Gasteiger partial charge in [0.15, 0.2) is 0 Å². The molecule has 2 rings (SSSR count). The summed E-state index contributed by atoms with van der Waals surface area (Å²) in [5, 5.41) is 6.10. The molecule has 0 saturated heterocycles. The van der Waals surface area contributed by atoms with Gasteiger partial charge in [-0.1, -0.05) is 42.0 Å². The Hall–Kier alpha value is -2.11. The highest BCUT2D eigenvalue weighted by Gasteiger charge is 2.03. The van der Waals surface area contributed by atoms with Gasteiger partial charge in [0.25, 0.3) is 0 Å². The third kappa shape index (κ3) is 4.73. The molecule has 2 amide bonds. The number of urea groups is 1. The molecule has 21 heavy (non-hydrogen) atoms. The zero-order valence-corrected chi connectivity index (χ0v) is 12.7. The molecule has 0 spiro atoms. The average Bonchev–Trinajstić information content (AvgIpc) is 2.48. The highest BCUT2D eigenvalue weighted by molar-refractivity contribution is 7.80. The Bertz CT molecular complexity index is 658. The Morgan fingerprint density at radius 2 is 1.90 bits per heavy atom. The van der Waals surface area contributed by atoms with Crippen molar-refractivity contribution in [1.29, 1.82) is 0 Å². The first-order valence-electron chi connectivity index (χ1n) is 6.24. The molecule has 4 N–H and O–H groups in total. The summed E-state index contributed by atoms with van der Waals surface area (Å²) in [4.78, 5) is 12.1. The summed E-state index contributed by atoms with van der Waals surface area (Å²) in [7, 11) is 0. The van der Waals surface area contributed by atoms with Crippen molar-refractivity contribution in [1.82, 2.24) is 5.32 Å². The molecule has 0 fully saturated rings. The number of halogens is 1. The molecule has 0 heterocycles. The molecule has 0 aliphatic carbocycles. The normalized spacial score (nSPS) is 9.95. The minimum Gasteiger partial charge on any atom is -0.389 e. The number of benzene rings is 2. The summed E-state index contributed by atoms with van der Waals surface area (Å²) in [6, 6.07) is 14.0. The second kappa shape index (κ2) is 7.06. The first-order valence-corrected chi connectivity index (χ1v) is 7.02. The van der Waals surface area contributed by atoms with Crippen LogP contribution in [0.1, 0.15) is 11.1 Å². The van der Waals surface area contributed by atoms with Crippen molar-refractivity contribution in [3.8, 4) is 0 Å². The first-order chi connectivity index (χ1) is 10.0. The molecule has 0 radical (unpaired) electrons. The van der Waals surface area contributed by atoms with Crippen LogP contribution in [0.15, 0.2) is 48.5 Å². The molecule has 0 saturated carbocycles. The SMILES string of the molecule is NC(=S)c1cccc(CNC(=O)Nc2ccc(Cl)cc2)c1. The van der Waals surface area contributed by atoms with Crippen LogP contribution in [0.2, 0.25) is 5.02 Å². The van der Waals surface area contributed by atoms with Crippen LogP contribution in [0.25, 0.3) is 0 Å². The number of nitrogens with two attached hydrogens (primary N) is 1. The van der Waals surface area contributed by atoms with Gasteiger partial charge in [-0.05, 0) is 35.9 Å². The fraction of sp³-hybridized carbons (Fsp3) is 0.0667. The maximum atomic E-state index is 11.8. The minimum atomic E-state index is -0.293. The average molecular weight is 320 g/mol. The largest absolute Gasteiger partial charge is 0.389 e. The number of carbonyl (C=O) groups excluding carboxylic acids is 1. The van der Waals surface area contributed by atoms with Crippen molar-refractivity contribution in [3.05, 3.63) is 64.7 Å². The maximum absolute atomic E-state index is 11.8. The van der Waals surface area contributed by atoms with E-state index in [2.05, 4.69) is 10.6 Å². The number of hydrogen-bond donors (Lipinski definition) is 3. The van der Waals surface area contributed by atoms with E-state index in [4.69, 9.17) is 29.6 Å². The zero-order chi connectivity index (χ0) is 15.2. The number of thiocarbonyl (C=S) groups is 1. The van der Waals surface area contributed by atoms with Gasteiger partial charge < -0.3 is 16.4 Å². The smallest absolute Gasteiger partial charge is 0.319 e. The Kier molecular flexibility index (Phi) is 5.14.